The van der Waals surface area contributed by atoms with Gasteiger partial charge in [0.05, 0.1) is 23.6 Å². The summed E-state index contributed by atoms with van der Waals surface area (Å²) >= 11 is 0. The van der Waals surface area contributed by atoms with Gasteiger partial charge in [-0.05, 0) is 69.2 Å². The molecule has 5 nitrogen and oxygen atoms in total. The van der Waals surface area contributed by atoms with Gasteiger partial charge in [0.15, 0.2) is 5.65 Å². The van der Waals surface area contributed by atoms with E-state index in [-0.39, 0.29) is 6.10 Å². The van der Waals surface area contributed by atoms with Crippen LogP contribution in [-0.4, -0.2) is 31.9 Å². The van der Waals surface area contributed by atoms with Crippen LogP contribution < -0.4 is 5.32 Å². The number of aliphatic hydroxyl groups is 1. The molecule has 0 aliphatic heterocycles. The number of halogens is 3. The summed E-state index contributed by atoms with van der Waals surface area (Å²) in [5.41, 5.74) is 0.813. The number of fused-ring (bicyclic) bond motifs is 1. The summed E-state index contributed by atoms with van der Waals surface area (Å²) in [5, 5.41) is 17.6. The lowest BCUT2D eigenvalue weighted by atomic mass is 9.83. The van der Waals surface area contributed by atoms with Crippen LogP contribution in [0.2, 0.25) is 0 Å². The van der Waals surface area contributed by atoms with E-state index in [0.717, 1.165) is 44.2 Å². The standard InChI is InChI=1S/C22H25F3N4O/c1-14(30)11-15-5-7-18(8-6-15)27-20-9-10-21-26-13-19(29(21)28-20)16-3-2-4-17(12-16)22(23,24)25/h2-4,9-10,12-15,18,30H,5-8,11H2,1H3,(H,27,28)/t14?,15-,18-. The number of aromatic nitrogens is 3. The fraction of sp³-hybridized carbons (Fsp3) is 0.455. The van der Waals surface area contributed by atoms with Crippen molar-refractivity contribution in [3.05, 3.63) is 48.2 Å². The van der Waals surface area contributed by atoms with Crippen molar-refractivity contribution >= 4 is 11.5 Å². The van der Waals surface area contributed by atoms with Crippen LogP contribution in [0.15, 0.2) is 42.6 Å². The molecule has 1 atom stereocenters. The normalized spacial score (nSPS) is 21.0. The molecule has 30 heavy (non-hydrogen) atoms. The highest BCUT2D eigenvalue weighted by Gasteiger charge is 2.30. The van der Waals surface area contributed by atoms with E-state index >= 15 is 0 Å². The molecule has 0 bridgehead atoms. The number of alkyl halides is 3. The monoisotopic (exact) mass is 418 g/mol. The van der Waals surface area contributed by atoms with Gasteiger partial charge in [-0.3, -0.25) is 0 Å². The van der Waals surface area contributed by atoms with E-state index in [1.54, 1.807) is 16.8 Å². The molecule has 1 aromatic carbocycles. The summed E-state index contributed by atoms with van der Waals surface area (Å²) in [6.07, 6.45) is 1.84. The molecule has 2 N–H and O–H groups in total. The van der Waals surface area contributed by atoms with Gasteiger partial charge in [0, 0.05) is 11.6 Å². The fourth-order valence-electron chi connectivity index (χ4n) is 4.24. The third-order valence-electron chi connectivity index (χ3n) is 5.72. The molecule has 0 amide bonds. The molecule has 0 spiro atoms. The summed E-state index contributed by atoms with van der Waals surface area (Å²) in [7, 11) is 0. The van der Waals surface area contributed by atoms with E-state index in [0.29, 0.717) is 34.7 Å². The smallest absolute Gasteiger partial charge is 0.393 e. The number of hydrogen-bond donors (Lipinski definition) is 2. The third kappa shape index (κ3) is 4.59. The lowest BCUT2D eigenvalue weighted by Crippen LogP contribution is -2.28. The summed E-state index contributed by atoms with van der Waals surface area (Å²) < 4.78 is 40.8. The Bertz CT molecular complexity index is 1010. The van der Waals surface area contributed by atoms with E-state index in [1.807, 2.05) is 19.1 Å². The van der Waals surface area contributed by atoms with Crippen molar-refractivity contribution in [2.75, 3.05) is 5.32 Å². The topological polar surface area (TPSA) is 62.5 Å². The van der Waals surface area contributed by atoms with Gasteiger partial charge in [-0.15, -0.1) is 5.10 Å². The first-order chi connectivity index (χ1) is 14.3. The Morgan fingerprint density at radius 3 is 2.63 bits per heavy atom. The van der Waals surface area contributed by atoms with Crippen molar-refractivity contribution in [1.29, 1.82) is 0 Å². The molecular weight excluding hydrogens is 393 g/mol. The number of nitrogens with one attached hydrogen (secondary N) is 1. The van der Waals surface area contributed by atoms with Crippen LogP contribution in [0.4, 0.5) is 19.0 Å². The SMILES string of the molecule is CC(O)C[C@H]1CC[C@H](Nc2ccc3ncc(-c4cccc(C(F)(F)F)c4)n3n2)CC1. The van der Waals surface area contributed by atoms with Crippen LogP contribution >= 0.6 is 0 Å². The summed E-state index contributed by atoms with van der Waals surface area (Å²) in [4.78, 5) is 4.28. The highest BCUT2D eigenvalue weighted by atomic mass is 19.4. The van der Waals surface area contributed by atoms with Crippen molar-refractivity contribution in [2.24, 2.45) is 5.92 Å². The summed E-state index contributed by atoms with van der Waals surface area (Å²) in [6.45, 7) is 1.83. The molecule has 1 unspecified atom stereocenters. The molecule has 8 heteroatoms. The summed E-state index contributed by atoms with van der Waals surface area (Å²) in [6, 6.07) is 9.15. The number of hydrogen-bond acceptors (Lipinski definition) is 4. The predicted octanol–water partition coefficient (Wildman–Crippen LogP) is 5.16. The minimum atomic E-state index is -4.40. The minimum absolute atomic E-state index is 0.265. The zero-order valence-corrected chi connectivity index (χ0v) is 16.7. The predicted molar refractivity (Wildman–Crippen MR) is 109 cm³/mol. The van der Waals surface area contributed by atoms with Gasteiger partial charge in [-0.25, -0.2) is 9.50 Å². The fourth-order valence-corrected chi connectivity index (χ4v) is 4.24. The van der Waals surface area contributed by atoms with Gasteiger partial charge in [0.25, 0.3) is 0 Å². The van der Waals surface area contributed by atoms with Crippen molar-refractivity contribution in [3.8, 4) is 11.3 Å². The maximum absolute atomic E-state index is 13.1. The Kier molecular flexibility index (Phi) is 5.69. The van der Waals surface area contributed by atoms with Crippen LogP contribution in [-0.2, 0) is 6.18 Å². The molecule has 3 aromatic rings. The second-order valence-corrected chi connectivity index (χ2v) is 8.16. The zero-order chi connectivity index (χ0) is 21.3. The molecule has 0 saturated heterocycles. The van der Waals surface area contributed by atoms with Crippen LogP contribution in [0.3, 0.4) is 0 Å². The van der Waals surface area contributed by atoms with E-state index in [4.69, 9.17) is 0 Å². The molecule has 0 radical (unpaired) electrons. The van der Waals surface area contributed by atoms with Gasteiger partial charge in [-0.2, -0.15) is 13.2 Å². The first-order valence-electron chi connectivity index (χ1n) is 10.3. The lowest BCUT2D eigenvalue weighted by molar-refractivity contribution is -0.137. The van der Waals surface area contributed by atoms with E-state index in [9.17, 15) is 18.3 Å². The van der Waals surface area contributed by atoms with Crippen molar-refractivity contribution < 1.29 is 18.3 Å². The average Bonchev–Trinajstić information content (AvgIpc) is 3.12. The van der Waals surface area contributed by atoms with E-state index < -0.39 is 11.7 Å². The lowest BCUT2D eigenvalue weighted by Gasteiger charge is -2.30. The Morgan fingerprint density at radius 2 is 1.93 bits per heavy atom. The number of aliphatic hydroxyl groups excluding tert-OH is 1. The molecule has 4 rings (SSSR count). The van der Waals surface area contributed by atoms with Crippen LogP contribution in [0.5, 0.6) is 0 Å². The second kappa shape index (κ2) is 8.26. The zero-order valence-electron chi connectivity index (χ0n) is 16.7. The molecule has 160 valence electrons. The van der Waals surface area contributed by atoms with Crippen LogP contribution in [0.25, 0.3) is 16.9 Å². The number of imidazole rings is 1. The molecule has 1 fully saturated rings. The minimum Gasteiger partial charge on any atom is -0.393 e. The molecule has 1 saturated carbocycles. The Balaban J connectivity index is 1.53. The number of rotatable bonds is 5. The van der Waals surface area contributed by atoms with Crippen LogP contribution in [0, 0.1) is 5.92 Å². The molecule has 1 aliphatic rings. The first kappa shape index (κ1) is 20.7. The Morgan fingerprint density at radius 1 is 1.17 bits per heavy atom. The molecular formula is C22H25F3N4O. The van der Waals surface area contributed by atoms with Gasteiger partial charge in [-0.1, -0.05) is 12.1 Å². The van der Waals surface area contributed by atoms with Crippen molar-refractivity contribution in [3.63, 3.8) is 0 Å². The highest BCUT2D eigenvalue weighted by molar-refractivity contribution is 5.64. The van der Waals surface area contributed by atoms with Gasteiger partial charge in [0.1, 0.15) is 5.82 Å². The van der Waals surface area contributed by atoms with Gasteiger partial charge in [0.2, 0.25) is 0 Å². The maximum Gasteiger partial charge on any atom is 0.416 e. The van der Waals surface area contributed by atoms with E-state index in [2.05, 4.69) is 15.4 Å². The molecule has 2 aromatic heterocycles. The third-order valence-corrected chi connectivity index (χ3v) is 5.72. The quantitative estimate of drug-likeness (QED) is 0.601. The highest BCUT2D eigenvalue weighted by Crippen LogP contribution is 2.33. The summed E-state index contributed by atoms with van der Waals surface area (Å²) in [5.74, 6) is 1.23. The van der Waals surface area contributed by atoms with Crippen molar-refractivity contribution in [2.45, 2.75) is 57.3 Å². The number of anilines is 1. The number of benzene rings is 1. The van der Waals surface area contributed by atoms with Gasteiger partial charge >= 0.3 is 6.18 Å². The number of nitrogens with zero attached hydrogens (tertiary/aromatic N) is 3. The van der Waals surface area contributed by atoms with Crippen molar-refractivity contribution in [1.82, 2.24) is 14.6 Å². The Labute approximate surface area is 172 Å². The average molecular weight is 418 g/mol. The van der Waals surface area contributed by atoms with Gasteiger partial charge < -0.3 is 10.4 Å². The largest absolute Gasteiger partial charge is 0.416 e. The van der Waals surface area contributed by atoms with Crippen LogP contribution in [0.1, 0.15) is 44.6 Å². The Hall–Kier alpha value is -2.61. The second-order valence-electron chi connectivity index (χ2n) is 8.16. The molecule has 1 aliphatic carbocycles. The maximum atomic E-state index is 13.1. The molecule has 2 heterocycles. The van der Waals surface area contributed by atoms with E-state index in [1.165, 1.54) is 6.07 Å². The first-order valence-corrected chi connectivity index (χ1v) is 10.3.